The molecule has 0 aliphatic rings. The van der Waals surface area contributed by atoms with Gasteiger partial charge >= 0.3 is 0 Å². The SMILES string of the molecule is COc1cc(F)ccc1NS(=O)(=O)c1cnccc1N. The maximum Gasteiger partial charge on any atom is 0.265 e. The van der Waals surface area contributed by atoms with Gasteiger partial charge in [0.15, 0.2) is 0 Å². The summed E-state index contributed by atoms with van der Waals surface area (Å²) in [7, 11) is -2.62. The minimum atomic E-state index is -3.93. The number of sulfonamides is 1. The summed E-state index contributed by atoms with van der Waals surface area (Å²) in [5.41, 5.74) is 5.78. The van der Waals surface area contributed by atoms with Crippen molar-refractivity contribution in [1.82, 2.24) is 4.98 Å². The molecule has 2 aromatic rings. The number of nitrogen functional groups attached to an aromatic ring is 1. The number of nitrogens with two attached hydrogens (primary N) is 1. The van der Waals surface area contributed by atoms with E-state index in [-0.39, 0.29) is 22.0 Å². The molecule has 0 radical (unpaired) electrons. The van der Waals surface area contributed by atoms with Crippen LogP contribution in [0.3, 0.4) is 0 Å². The Labute approximate surface area is 115 Å². The van der Waals surface area contributed by atoms with Gasteiger partial charge in [-0.05, 0) is 18.2 Å². The van der Waals surface area contributed by atoms with Gasteiger partial charge in [0.05, 0.1) is 18.5 Å². The van der Waals surface area contributed by atoms with E-state index in [1.807, 2.05) is 0 Å². The smallest absolute Gasteiger partial charge is 0.265 e. The van der Waals surface area contributed by atoms with E-state index in [1.54, 1.807) is 0 Å². The molecule has 0 amide bonds. The van der Waals surface area contributed by atoms with Crippen molar-refractivity contribution in [1.29, 1.82) is 0 Å². The Morgan fingerprint density at radius 2 is 2.10 bits per heavy atom. The second-order valence-electron chi connectivity index (χ2n) is 3.86. The molecule has 0 fully saturated rings. The fourth-order valence-corrected chi connectivity index (χ4v) is 2.71. The highest BCUT2D eigenvalue weighted by Crippen LogP contribution is 2.28. The first-order chi connectivity index (χ1) is 9.44. The lowest BCUT2D eigenvalue weighted by molar-refractivity contribution is 0.413. The molecule has 1 aromatic carbocycles. The van der Waals surface area contributed by atoms with Crippen molar-refractivity contribution in [3.8, 4) is 5.75 Å². The summed E-state index contributed by atoms with van der Waals surface area (Å²) in [6, 6.07) is 4.83. The Morgan fingerprint density at radius 3 is 2.75 bits per heavy atom. The average Bonchev–Trinajstić information content (AvgIpc) is 2.41. The van der Waals surface area contributed by atoms with Crippen LogP contribution in [0.2, 0.25) is 0 Å². The molecule has 8 heteroatoms. The predicted molar refractivity (Wildman–Crippen MR) is 72.4 cm³/mol. The molecule has 2 rings (SSSR count). The van der Waals surface area contributed by atoms with Gasteiger partial charge in [-0.25, -0.2) is 12.8 Å². The normalized spacial score (nSPS) is 11.1. The molecule has 3 N–H and O–H groups in total. The first-order valence-corrected chi connectivity index (χ1v) is 6.98. The third-order valence-corrected chi connectivity index (χ3v) is 3.92. The molecule has 0 saturated heterocycles. The van der Waals surface area contributed by atoms with E-state index >= 15 is 0 Å². The van der Waals surface area contributed by atoms with Gasteiger partial charge in [0.2, 0.25) is 0 Å². The van der Waals surface area contributed by atoms with Crippen molar-refractivity contribution >= 4 is 21.4 Å². The van der Waals surface area contributed by atoms with Gasteiger partial charge in [-0.3, -0.25) is 9.71 Å². The van der Waals surface area contributed by atoms with Crippen LogP contribution in [0.25, 0.3) is 0 Å². The molecule has 0 saturated carbocycles. The van der Waals surface area contributed by atoms with Crippen LogP contribution in [0, 0.1) is 5.82 Å². The van der Waals surface area contributed by atoms with Crippen LogP contribution in [-0.4, -0.2) is 20.5 Å². The summed E-state index contributed by atoms with van der Waals surface area (Å²) in [6.45, 7) is 0. The molecular weight excluding hydrogens is 285 g/mol. The lowest BCUT2D eigenvalue weighted by Gasteiger charge is -2.12. The number of hydrogen-bond donors (Lipinski definition) is 2. The number of nitrogens with zero attached hydrogens (tertiary/aromatic N) is 1. The van der Waals surface area contributed by atoms with Gasteiger partial charge in [-0.2, -0.15) is 0 Å². The van der Waals surface area contributed by atoms with Crippen LogP contribution in [0.5, 0.6) is 5.75 Å². The summed E-state index contributed by atoms with van der Waals surface area (Å²) in [4.78, 5) is 3.56. The van der Waals surface area contributed by atoms with Crippen molar-refractivity contribution < 1.29 is 17.5 Å². The Bertz CT molecular complexity index is 734. The van der Waals surface area contributed by atoms with Gasteiger partial charge in [-0.1, -0.05) is 0 Å². The number of aromatic nitrogens is 1. The summed E-state index contributed by atoms with van der Waals surface area (Å²) in [5, 5.41) is 0. The lowest BCUT2D eigenvalue weighted by Crippen LogP contribution is -2.15. The maximum atomic E-state index is 13.1. The van der Waals surface area contributed by atoms with Gasteiger partial charge in [0.25, 0.3) is 10.0 Å². The molecule has 0 aliphatic carbocycles. The Kier molecular flexibility index (Phi) is 3.75. The van der Waals surface area contributed by atoms with E-state index < -0.39 is 15.8 Å². The van der Waals surface area contributed by atoms with Crippen LogP contribution in [0.1, 0.15) is 0 Å². The van der Waals surface area contributed by atoms with Crippen LogP contribution < -0.4 is 15.2 Å². The fourth-order valence-electron chi connectivity index (χ4n) is 1.56. The molecule has 106 valence electrons. The number of pyridine rings is 1. The molecule has 0 unspecified atom stereocenters. The zero-order chi connectivity index (χ0) is 14.8. The van der Waals surface area contributed by atoms with Crippen LogP contribution >= 0.6 is 0 Å². The lowest BCUT2D eigenvalue weighted by atomic mass is 10.3. The first kappa shape index (κ1) is 14.1. The summed E-state index contributed by atoms with van der Waals surface area (Å²) < 4.78 is 44.7. The molecule has 0 bridgehead atoms. The van der Waals surface area contributed by atoms with Crippen molar-refractivity contribution in [2.24, 2.45) is 0 Å². The second-order valence-corrected chi connectivity index (χ2v) is 5.51. The average molecular weight is 297 g/mol. The van der Waals surface area contributed by atoms with Crippen molar-refractivity contribution in [2.75, 3.05) is 17.6 Å². The van der Waals surface area contributed by atoms with E-state index in [9.17, 15) is 12.8 Å². The molecule has 0 atom stereocenters. The van der Waals surface area contributed by atoms with E-state index in [2.05, 4.69) is 9.71 Å². The number of benzene rings is 1. The van der Waals surface area contributed by atoms with Gasteiger partial charge < -0.3 is 10.5 Å². The number of rotatable bonds is 4. The first-order valence-electron chi connectivity index (χ1n) is 5.50. The summed E-state index contributed by atoms with van der Waals surface area (Å²) >= 11 is 0. The monoisotopic (exact) mass is 297 g/mol. The molecule has 1 aromatic heterocycles. The summed E-state index contributed by atoms with van der Waals surface area (Å²) in [6.07, 6.45) is 2.51. The quantitative estimate of drug-likeness (QED) is 0.894. The van der Waals surface area contributed by atoms with Gasteiger partial charge in [0, 0.05) is 18.5 Å². The highest BCUT2D eigenvalue weighted by atomic mass is 32.2. The molecule has 6 nitrogen and oxygen atoms in total. The Balaban J connectivity index is 2.41. The highest BCUT2D eigenvalue weighted by molar-refractivity contribution is 7.92. The predicted octanol–water partition coefficient (Wildman–Crippen LogP) is 1.61. The highest BCUT2D eigenvalue weighted by Gasteiger charge is 2.19. The summed E-state index contributed by atoms with van der Waals surface area (Å²) in [5.74, 6) is -0.471. The van der Waals surface area contributed by atoms with Gasteiger partial charge in [-0.15, -0.1) is 0 Å². The van der Waals surface area contributed by atoms with Crippen molar-refractivity contribution in [3.63, 3.8) is 0 Å². The molecule has 0 spiro atoms. The topological polar surface area (TPSA) is 94.3 Å². The number of anilines is 2. The number of methoxy groups -OCH3 is 1. The molecule has 0 aliphatic heterocycles. The Hall–Kier alpha value is -2.35. The minimum absolute atomic E-state index is 0.0635. The van der Waals surface area contributed by atoms with E-state index in [0.29, 0.717) is 0 Å². The standard InChI is InChI=1S/C12H12FN3O3S/c1-19-11-6-8(13)2-3-10(11)16-20(17,18)12-7-15-5-4-9(12)14/h2-7,16H,1H3,(H2,14,15). The second kappa shape index (κ2) is 5.33. The number of hydrogen-bond acceptors (Lipinski definition) is 5. The third-order valence-electron chi connectivity index (χ3n) is 2.51. The molecular formula is C12H12FN3O3S. The largest absolute Gasteiger partial charge is 0.494 e. The molecule has 20 heavy (non-hydrogen) atoms. The van der Waals surface area contributed by atoms with Crippen LogP contribution in [0.4, 0.5) is 15.8 Å². The maximum absolute atomic E-state index is 13.1. The number of ether oxygens (including phenoxy) is 1. The van der Waals surface area contributed by atoms with Crippen molar-refractivity contribution in [3.05, 3.63) is 42.5 Å². The zero-order valence-electron chi connectivity index (χ0n) is 10.5. The minimum Gasteiger partial charge on any atom is -0.494 e. The van der Waals surface area contributed by atoms with Gasteiger partial charge in [0.1, 0.15) is 16.5 Å². The van der Waals surface area contributed by atoms with E-state index in [4.69, 9.17) is 10.5 Å². The van der Waals surface area contributed by atoms with E-state index in [0.717, 1.165) is 18.3 Å². The molecule has 1 heterocycles. The Morgan fingerprint density at radius 1 is 1.35 bits per heavy atom. The number of nitrogens with one attached hydrogen (secondary N) is 1. The van der Waals surface area contributed by atoms with Crippen LogP contribution in [-0.2, 0) is 10.0 Å². The number of halogens is 1. The van der Waals surface area contributed by atoms with E-state index in [1.165, 1.54) is 25.4 Å². The fraction of sp³-hybridized carbons (Fsp3) is 0.0833. The van der Waals surface area contributed by atoms with Crippen LogP contribution in [0.15, 0.2) is 41.6 Å². The van der Waals surface area contributed by atoms with Crippen molar-refractivity contribution in [2.45, 2.75) is 4.90 Å². The third kappa shape index (κ3) is 2.80. The zero-order valence-corrected chi connectivity index (χ0v) is 11.3.